The number of aryl methyl sites for hydroxylation is 1. The largest absolute Gasteiger partial charge is 0.493 e. The lowest BCUT2D eigenvalue weighted by atomic mass is 10.1. The quantitative estimate of drug-likeness (QED) is 0.457. The van der Waals surface area contributed by atoms with Crippen LogP contribution in [0.5, 0.6) is 11.5 Å². The molecule has 0 aliphatic heterocycles. The third-order valence-electron chi connectivity index (χ3n) is 4.80. The molecule has 0 saturated heterocycles. The number of aromatic nitrogens is 4. The highest BCUT2D eigenvalue weighted by Crippen LogP contribution is 2.37. The SMILES string of the molecule is COc1cc(C)cc(NC(=O)c2nnnn2Cc2ccccc2)c1OCc1ccccc1. The van der Waals surface area contributed by atoms with E-state index in [0.29, 0.717) is 30.3 Å². The van der Waals surface area contributed by atoms with Crippen molar-refractivity contribution >= 4 is 11.6 Å². The van der Waals surface area contributed by atoms with E-state index in [2.05, 4.69) is 20.8 Å². The summed E-state index contributed by atoms with van der Waals surface area (Å²) in [5.74, 6) is 0.629. The normalized spacial score (nSPS) is 10.6. The van der Waals surface area contributed by atoms with Crippen molar-refractivity contribution < 1.29 is 14.3 Å². The molecule has 8 nitrogen and oxygen atoms in total. The lowest BCUT2D eigenvalue weighted by molar-refractivity contribution is 0.101. The molecule has 0 fully saturated rings. The molecule has 4 aromatic rings. The predicted octanol–water partition coefficient (Wildman–Crippen LogP) is 3.87. The summed E-state index contributed by atoms with van der Waals surface area (Å²) in [6.07, 6.45) is 0. The molecule has 162 valence electrons. The Bertz CT molecular complexity index is 1190. The first-order valence-corrected chi connectivity index (χ1v) is 10.1. The van der Waals surface area contributed by atoms with Gasteiger partial charge in [0.1, 0.15) is 6.61 Å². The molecule has 32 heavy (non-hydrogen) atoms. The Balaban J connectivity index is 1.58. The summed E-state index contributed by atoms with van der Waals surface area (Å²) in [6.45, 7) is 2.62. The first-order valence-electron chi connectivity index (χ1n) is 10.1. The van der Waals surface area contributed by atoms with Crippen LogP contribution in [-0.4, -0.2) is 33.2 Å². The van der Waals surface area contributed by atoms with Crippen LogP contribution in [0.4, 0.5) is 5.69 Å². The standard InChI is InChI=1S/C24H23N5O3/c1-17-13-20(22(21(14-17)31-2)32-16-19-11-7-4-8-12-19)25-24(30)23-26-27-28-29(23)15-18-9-5-3-6-10-18/h3-14H,15-16H2,1-2H3,(H,25,30). The van der Waals surface area contributed by atoms with Crippen LogP contribution in [0.15, 0.2) is 72.8 Å². The van der Waals surface area contributed by atoms with Crippen LogP contribution in [-0.2, 0) is 13.2 Å². The van der Waals surface area contributed by atoms with E-state index < -0.39 is 5.91 Å². The van der Waals surface area contributed by atoms with E-state index in [1.807, 2.05) is 79.7 Å². The molecule has 3 aromatic carbocycles. The average Bonchev–Trinajstić information content (AvgIpc) is 3.27. The zero-order valence-electron chi connectivity index (χ0n) is 17.9. The number of tetrazole rings is 1. The number of hydrogen-bond donors (Lipinski definition) is 1. The summed E-state index contributed by atoms with van der Waals surface area (Å²) in [4.78, 5) is 13.1. The molecule has 1 amide bonds. The Kier molecular flexibility index (Phi) is 6.41. The number of anilines is 1. The topological polar surface area (TPSA) is 91.2 Å². The lowest BCUT2D eigenvalue weighted by Gasteiger charge is -2.17. The van der Waals surface area contributed by atoms with Crippen molar-refractivity contribution in [3.63, 3.8) is 0 Å². The van der Waals surface area contributed by atoms with E-state index in [9.17, 15) is 4.79 Å². The molecule has 0 radical (unpaired) electrons. The highest BCUT2D eigenvalue weighted by molar-refractivity contribution is 6.02. The van der Waals surface area contributed by atoms with E-state index in [4.69, 9.17) is 9.47 Å². The molecule has 0 unspecified atom stereocenters. The second kappa shape index (κ2) is 9.74. The molecule has 1 aromatic heterocycles. The number of hydrogen-bond acceptors (Lipinski definition) is 6. The minimum Gasteiger partial charge on any atom is -0.493 e. The molecule has 0 spiro atoms. The van der Waals surface area contributed by atoms with Gasteiger partial charge in [0.25, 0.3) is 5.91 Å². The van der Waals surface area contributed by atoms with Gasteiger partial charge in [0.2, 0.25) is 5.82 Å². The Labute approximate surface area is 185 Å². The van der Waals surface area contributed by atoms with E-state index in [1.54, 1.807) is 7.11 Å². The van der Waals surface area contributed by atoms with Crippen molar-refractivity contribution in [3.05, 3.63) is 95.3 Å². The number of benzene rings is 3. The van der Waals surface area contributed by atoms with Crippen molar-refractivity contribution in [1.29, 1.82) is 0 Å². The Morgan fingerprint density at radius 1 is 1.00 bits per heavy atom. The van der Waals surface area contributed by atoms with Gasteiger partial charge in [-0.1, -0.05) is 60.7 Å². The summed E-state index contributed by atoms with van der Waals surface area (Å²) < 4.78 is 13.0. The van der Waals surface area contributed by atoms with Gasteiger partial charge in [-0.25, -0.2) is 4.68 Å². The molecule has 1 heterocycles. The van der Waals surface area contributed by atoms with E-state index in [-0.39, 0.29) is 5.82 Å². The fourth-order valence-corrected chi connectivity index (χ4v) is 3.27. The highest BCUT2D eigenvalue weighted by atomic mass is 16.5. The first kappa shape index (κ1) is 21.0. The number of methoxy groups -OCH3 is 1. The van der Waals surface area contributed by atoms with Crippen molar-refractivity contribution in [1.82, 2.24) is 20.2 Å². The monoisotopic (exact) mass is 429 g/mol. The van der Waals surface area contributed by atoms with Crippen molar-refractivity contribution in [3.8, 4) is 11.5 Å². The Morgan fingerprint density at radius 2 is 1.69 bits per heavy atom. The van der Waals surface area contributed by atoms with Crippen LogP contribution in [0, 0.1) is 6.92 Å². The molecule has 8 heteroatoms. The molecule has 1 N–H and O–H groups in total. The van der Waals surface area contributed by atoms with Gasteiger partial charge in [-0.2, -0.15) is 0 Å². The van der Waals surface area contributed by atoms with E-state index >= 15 is 0 Å². The number of ether oxygens (including phenoxy) is 2. The van der Waals surface area contributed by atoms with Crippen LogP contribution in [0.2, 0.25) is 0 Å². The molecule has 0 aliphatic rings. The average molecular weight is 429 g/mol. The summed E-state index contributed by atoms with van der Waals surface area (Å²) in [5, 5.41) is 14.4. The molecule has 0 saturated carbocycles. The summed E-state index contributed by atoms with van der Waals surface area (Å²) in [6, 6.07) is 23.1. The maximum atomic E-state index is 13.1. The van der Waals surface area contributed by atoms with Gasteiger partial charge in [0.05, 0.1) is 19.3 Å². The minimum atomic E-state index is -0.442. The molecule has 0 atom stereocenters. The van der Waals surface area contributed by atoms with E-state index in [0.717, 1.165) is 16.7 Å². The van der Waals surface area contributed by atoms with Gasteiger partial charge in [-0.15, -0.1) is 5.10 Å². The van der Waals surface area contributed by atoms with Gasteiger partial charge in [0.15, 0.2) is 11.5 Å². The zero-order chi connectivity index (χ0) is 22.3. The van der Waals surface area contributed by atoms with Gasteiger partial charge in [0, 0.05) is 0 Å². The Morgan fingerprint density at radius 3 is 2.38 bits per heavy atom. The molecule has 0 aliphatic carbocycles. The maximum Gasteiger partial charge on any atom is 0.295 e. The smallest absolute Gasteiger partial charge is 0.295 e. The van der Waals surface area contributed by atoms with Crippen LogP contribution >= 0.6 is 0 Å². The second-order valence-electron chi connectivity index (χ2n) is 7.22. The maximum absolute atomic E-state index is 13.1. The zero-order valence-corrected chi connectivity index (χ0v) is 17.9. The number of nitrogens with zero attached hydrogens (tertiary/aromatic N) is 4. The molecular weight excluding hydrogens is 406 g/mol. The van der Waals surface area contributed by atoms with Crippen molar-refractivity contribution in [2.24, 2.45) is 0 Å². The van der Waals surface area contributed by atoms with Crippen LogP contribution < -0.4 is 14.8 Å². The van der Waals surface area contributed by atoms with Crippen molar-refractivity contribution in [2.75, 3.05) is 12.4 Å². The van der Waals surface area contributed by atoms with E-state index in [1.165, 1.54) is 4.68 Å². The third kappa shape index (κ3) is 4.92. The van der Waals surface area contributed by atoms with Crippen LogP contribution in [0.1, 0.15) is 27.3 Å². The number of nitrogens with one attached hydrogen (secondary N) is 1. The number of rotatable bonds is 8. The molecular formula is C24H23N5O3. The van der Waals surface area contributed by atoms with Gasteiger partial charge in [-0.3, -0.25) is 4.79 Å². The lowest BCUT2D eigenvalue weighted by Crippen LogP contribution is -2.20. The van der Waals surface area contributed by atoms with Crippen LogP contribution in [0.25, 0.3) is 0 Å². The van der Waals surface area contributed by atoms with Crippen molar-refractivity contribution in [2.45, 2.75) is 20.1 Å². The van der Waals surface area contributed by atoms with Gasteiger partial charge in [-0.05, 0) is 46.2 Å². The fraction of sp³-hybridized carbons (Fsp3) is 0.167. The number of carbonyl (C=O) groups is 1. The molecule has 0 bridgehead atoms. The number of carbonyl (C=O) groups excluding carboxylic acids is 1. The predicted molar refractivity (Wildman–Crippen MR) is 120 cm³/mol. The first-order chi connectivity index (χ1) is 15.6. The van der Waals surface area contributed by atoms with Gasteiger partial charge < -0.3 is 14.8 Å². The van der Waals surface area contributed by atoms with Crippen LogP contribution in [0.3, 0.4) is 0 Å². The summed E-state index contributed by atoms with van der Waals surface area (Å²) in [5.41, 5.74) is 3.38. The van der Waals surface area contributed by atoms with Gasteiger partial charge >= 0.3 is 0 Å². The fourth-order valence-electron chi connectivity index (χ4n) is 3.27. The number of amides is 1. The third-order valence-corrected chi connectivity index (χ3v) is 4.80. The summed E-state index contributed by atoms with van der Waals surface area (Å²) in [7, 11) is 1.57. The Hall–Kier alpha value is -4.20. The molecule has 4 rings (SSSR count). The highest BCUT2D eigenvalue weighted by Gasteiger charge is 2.20. The second-order valence-corrected chi connectivity index (χ2v) is 7.22. The minimum absolute atomic E-state index is 0.100. The summed E-state index contributed by atoms with van der Waals surface area (Å²) >= 11 is 0.